The first-order valence-corrected chi connectivity index (χ1v) is 15.2. The van der Waals surface area contributed by atoms with Crippen LogP contribution in [0.25, 0.3) is 0 Å². The number of rotatable bonds is 18. The summed E-state index contributed by atoms with van der Waals surface area (Å²) < 4.78 is 22.5. The number of hydrogen-bond acceptors (Lipinski definition) is 3. The predicted molar refractivity (Wildman–Crippen MR) is 156 cm³/mol. The Labute approximate surface area is 248 Å². The van der Waals surface area contributed by atoms with E-state index in [2.05, 4.69) is 35.4 Å². The molecule has 1 heterocycles. The lowest BCUT2D eigenvalue weighted by atomic mass is 10.1. The van der Waals surface area contributed by atoms with E-state index in [9.17, 15) is 9.18 Å². The number of amides is 1. The Hall–Kier alpha value is -2.25. The van der Waals surface area contributed by atoms with Crippen LogP contribution in [0.1, 0.15) is 105 Å². The van der Waals surface area contributed by atoms with Gasteiger partial charge in [-0.3, -0.25) is 4.79 Å². The first kappa shape index (κ1) is 33.0. The van der Waals surface area contributed by atoms with Gasteiger partial charge in [-0.1, -0.05) is 107 Å². The van der Waals surface area contributed by atoms with Gasteiger partial charge in [0.05, 0.1) is 17.2 Å². The van der Waals surface area contributed by atoms with Crippen molar-refractivity contribution in [2.75, 3.05) is 11.9 Å². The molecular weight excluding hydrogens is 575 g/mol. The monoisotopic (exact) mass is 618 g/mol. The minimum atomic E-state index is -0.459. The fraction of sp³-hybridized carbons (Fsp3) is 0.500. The Balaban J connectivity index is 0.00000533. The first-order chi connectivity index (χ1) is 18.6. The molecule has 0 bridgehead atoms. The van der Waals surface area contributed by atoms with Crippen LogP contribution in [-0.2, 0) is 6.54 Å². The molecule has 0 aliphatic rings. The Kier molecular flexibility index (Phi) is 16.0. The van der Waals surface area contributed by atoms with Crippen LogP contribution in [0.5, 0.6) is 5.75 Å². The van der Waals surface area contributed by atoms with Crippen LogP contribution in [0, 0.1) is 12.7 Å². The van der Waals surface area contributed by atoms with E-state index in [0.717, 1.165) is 18.4 Å². The average molecular weight is 620 g/mol. The van der Waals surface area contributed by atoms with E-state index in [0.29, 0.717) is 24.4 Å². The number of nitrogens with one attached hydrogen (secondary N) is 1. The molecule has 214 valence electrons. The van der Waals surface area contributed by atoms with Gasteiger partial charge in [0, 0.05) is 11.1 Å². The van der Waals surface area contributed by atoms with Gasteiger partial charge < -0.3 is 27.0 Å². The van der Waals surface area contributed by atoms with Crippen molar-refractivity contribution in [1.82, 2.24) is 0 Å². The number of aromatic nitrogens is 1. The van der Waals surface area contributed by atoms with E-state index in [1.165, 1.54) is 75.2 Å². The molecule has 1 aromatic heterocycles. The van der Waals surface area contributed by atoms with Crippen molar-refractivity contribution in [3.8, 4) is 5.75 Å². The molecule has 2 aromatic carbocycles. The largest absolute Gasteiger partial charge is 1.00 e. The third-order valence-electron chi connectivity index (χ3n) is 6.74. The van der Waals surface area contributed by atoms with Gasteiger partial charge in [-0.2, -0.15) is 4.57 Å². The maximum absolute atomic E-state index is 14.6. The van der Waals surface area contributed by atoms with Crippen molar-refractivity contribution in [2.24, 2.45) is 0 Å². The van der Waals surface area contributed by atoms with Crippen molar-refractivity contribution in [3.05, 3.63) is 76.0 Å². The maximum Gasteiger partial charge on any atom is 0.255 e. The third kappa shape index (κ3) is 12.2. The standard InChI is InChI=1S/C32H43FN2O2S.BrH/c1-3-4-5-6-7-8-9-10-11-12-13-14-21-37-31-29(33)19-16-20-30(31)34-32(36)28-18-15-17-27(22-28)24-35-23-26(2)38-25-35;/h15-20,22-23,25H,3-14,21,24H2,1-2H3;1H. The molecule has 7 heteroatoms. The third-order valence-corrected chi connectivity index (χ3v) is 7.59. The van der Waals surface area contributed by atoms with Crippen molar-refractivity contribution in [1.29, 1.82) is 0 Å². The summed E-state index contributed by atoms with van der Waals surface area (Å²) in [6, 6.07) is 12.2. The van der Waals surface area contributed by atoms with Gasteiger partial charge in [0.15, 0.2) is 24.3 Å². The molecule has 4 nitrogen and oxygen atoms in total. The van der Waals surface area contributed by atoms with Gasteiger partial charge in [-0.25, -0.2) is 4.39 Å². The van der Waals surface area contributed by atoms with Crippen LogP contribution in [0.3, 0.4) is 0 Å². The second kappa shape index (κ2) is 18.9. The molecule has 0 aliphatic heterocycles. The molecule has 0 spiro atoms. The van der Waals surface area contributed by atoms with Crippen LogP contribution in [0.15, 0.2) is 54.2 Å². The first-order valence-electron chi connectivity index (χ1n) is 14.3. The van der Waals surface area contributed by atoms with Crippen molar-refractivity contribution in [2.45, 2.75) is 97.4 Å². The summed E-state index contributed by atoms with van der Waals surface area (Å²) in [5.74, 6) is -0.622. The topological polar surface area (TPSA) is 42.2 Å². The highest BCUT2D eigenvalue weighted by Crippen LogP contribution is 2.28. The molecule has 0 aliphatic carbocycles. The van der Waals surface area contributed by atoms with E-state index in [-0.39, 0.29) is 28.6 Å². The maximum atomic E-state index is 14.6. The predicted octanol–water partition coefficient (Wildman–Crippen LogP) is 5.87. The molecule has 1 N–H and O–H groups in total. The minimum Gasteiger partial charge on any atom is -1.00 e. The van der Waals surface area contributed by atoms with E-state index in [1.807, 2.05) is 18.2 Å². The molecule has 0 fully saturated rings. The number of ether oxygens (including phenoxy) is 1. The molecule has 0 unspecified atom stereocenters. The molecule has 0 saturated carbocycles. The quantitative estimate of drug-likeness (QED) is 0.143. The lowest BCUT2D eigenvalue weighted by Gasteiger charge is -2.13. The molecule has 0 saturated heterocycles. The summed E-state index contributed by atoms with van der Waals surface area (Å²) in [6.07, 6.45) is 17.2. The Morgan fingerprint density at radius 3 is 2.21 bits per heavy atom. The van der Waals surface area contributed by atoms with Crippen LogP contribution in [0.2, 0.25) is 0 Å². The summed E-state index contributed by atoms with van der Waals surface area (Å²) in [7, 11) is 0. The molecule has 3 rings (SSSR count). The van der Waals surface area contributed by atoms with Crippen LogP contribution < -0.4 is 31.6 Å². The number of para-hydroxylation sites is 1. The molecular formula is C32H44BrFN2O2S. The summed E-state index contributed by atoms with van der Waals surface area (Å²) in [4.78, 5) is 14.2. The molecule has 1 amide bonds. The normalized spacial score (nSPS) is 10.7. The molecule has 39 heavy (non-hydrogen) atoms. The Morgan fingerprint density at radius 1 is 0.923 bits per heavy atom. The summed E-state index contributed by atoms with van der Waals surface area (Å²) >= 11 is 1.69. The highest BCUT2D eigenvalue weighted by molar-refractivity contribution is 7.09. The smallest absolute Gasteiger partial charge is 0.255 e. The van der Waals surface area contributed by atoms with Gasteiger partial charge in [0.1, 0.15) is 0 Å². The van der Waals surface area contributed by atoms with Gasteiger partial charge in [-0.15, -0.1) is 0 Å². The van der Waals surface area contributed by atoms with Crippen molar-refractivity contribution < 1.29 is 35.5 Å². The minimum absolute atomic E-state index is 0. The van der Waals surface area contributed by atoms with Crippen molar-refractivity contribution in [3.63, 3.8) is 0 Å². The van der Waals surface area contributed by atoms with Crippen molar-refractivity contribution >= 4 is 22.9 Å². The number of anilines is 1. The second-order valence-corrected chi connectivity index (χ2v) is 11.2. The van der Waals surface area contributed by atoms with Gasteiger partial charge in [0.2, 0.25) is 5.51 Å². The number of unbranched alkanes of at least 4 members (excludes halogenated alkanes) is 11. The zero-order valence-corrected chi connectivity index (χ0v) is 25.9. The number of halogens is 2. The van der Waals surface area contributed by atoms with E-state index in [4.69, 9.17) is 4.74 Å². The number of hydrogen-bond donors (Lipinski definition) is 1. The number of benzene rings is 2. The number of nitrogens with zero attached hydrogens (tertiary/aromatic N) is 1. The fourth-order valence-corrected chi connectivity index (χ4v) is 5.25. The Morgan fingerprint density at radius 2 is 1.56 bits per heavy atom. The summed E-state index contributed by atoms with van der Waals surface area (Å²) in [5, 5.41) is 2.85. The number of thiazole rings is 1. The van der Waals surface area contributed by atoms with E-state index < -0.39 is 5.82 Å². The van der Waals surface area contributed by atoms with Crippen LogP contribution in [-0.4, -0.2) is 12.5 Å². The van der Waals surface area contributed by atoms with E-state index in [1.54, 1.807) is 29.5 Å². The number of carbonyl (C=O) groups excluding carboxylic acids is 1. The highest BCUT2D eigenvalue weighted by Gasteiger charge is 2.15. The number of carbonyl (C=O) groups is 1. The zero-order chi connectivity index (χ0) is 27.0. The molecule has 0 atom stereocenters. The SMILES string of the molecule is CCCCCCCCCCCCCCOc1c(F)cccc1NC(=O)c1cccc(C[n+]2csc(C)c2)c1.[Br-]. The van der Waals surface area contributed by atoms with Gasteiger partial charge in [0.25, 0.3) is 5.91 Å². The van der Waals surface area contributed by atoms with E-state index >= 15 is 0 Å². The molecule has 3 aromatic rings. The lowest BCUT2D eigenvalue weighted by Crippen LogP contribution is -3.00. The second-order valence-electron chi connectivity index (χ2n) is 10.1. The average Bonchev–Trinajstić information content (AvgIpc) is 3.32. The summed E-state index contributed by atoms with van der Waals surface area (Å²) in [5.41, 5.74) is 3.99. The summed E-state index contributed by atoms with van der Waals surface area (Å²) in [6.45, 7) is 5.46. The van der Waals surface area contributed by atoms with Crippen LogP contribution in [0.4, 0.5) is 10.1 Å². The van der Waals surface area contributed by atoms with Gasteiger partial charge >= 0.3 is 0 Å². The zero-order valence-electron chi connectivity index (χ0n) is 23.5. The van der Waals surface area contributed by atoms with Crippen LogP contribution >= 0.6 is 11.3 Å². The lowest BCUT2D eigenvalue weighted by molar-refractivity contribution is -0.683. The number of aryl methyl sites for hydroxylation is 1. The highest BCUT2D eigenvalue weighted by atomic mass is 79.9. The van der Waals surface area contributed by atoms with Gasteiger partial charge in [-0.05, 0) is 37.6 Å². The Bertz CT molecular complexity index is 1120. The molecule has 0 radical (unpaired) electrons. The fourth-order valence-electron chi connectivity index (χ4n) is 4.62.